The van der Waals surface area contributed by atoms with Gasteiger partial charge in [-0.3, -0.25) is 29.0 Å². The number of rotatable bonds is 20. The number of benzene rings is 1. The fourth-order valence-electron chi connectivity index (χ4n) is 6.67. The molecule has 1 fully saturated rings. The molecule has 6 atom stereocenters. The van der Waals surface area contributed by atoms with Crippen molar-refractivity contribution in [1.82, 2.24) is 34.2 Å². The van der Waals surface area contributed by atoms with Gasteiger partial charge in [0.2, 0.25) is 5.95 Å². The molecule has 1 aliphatic heterocycles. The van der Waals surface area contributed by atoms with E-state index in [2.05, 4.69) is 101 Å². The van der Waals surface area contributed by atoms with Gasteiger partial charge in [-0.15, -0.1) is 0 Å². The molecule has 374 valence electrons. The first-order chi connectivity index (χ1) is 30.3. The van der Waals surface area contributed by atoms with Gasteiger partial charge < -0.3 is 45.0 Å². The first kappa shape index (κ1) is 59.8. The minimum Gasteiger partial charge on any atom is -0.387 e. The van der Waals surface area contributed by atoms with E-state index in [-0.39, 0.29) is 28.4 Å². The first-order valence-electron chi connectivity index (χ1n) is 21.8. The zero-order valence-corrected chi connectivity index (χ0v) is 42.0. The molecule has 3 aromatic rings. The molecule has 4 rings (SSSR count). The maximum absolute atomic E-state index is 12.4. The number of H-pyrrole nitrogens is 1. The number of imidazole rings is 1. The Morgan fingerprint density at radius 2 is 1.40 bits per heavy atom. The number of aliphatic hydroxyl groups excluding tert-OH is 1. The standard InChI is InChI=1S/C22H30N6O14P2.3C6H15N/c1-21(2,3)16(11-7-5-6-8-12(11)28(31)32)40-41-17-15(29)13(9-38-44(36,37)42-43(33,34)35)39-22(17,4)27-10-24-14-18(27)25-20(23)26-19(14)30;3*1-4-7(5-2)6-3/h5-8,10,13,15-17,29H,9H2,1-4H3,(H,36,37)(H2,33,34,35)(H3,23,25,26,30);3*4-6H2,1-3H3/t13-,15-,16+,17-,22-;;;/m1.../s1. The van der Waals surface area contributed by atoms with E-state index in [1.807, 2.05) is 0 Å². The number of aromatic amines is 1. The number of hydrogen-bond acceptors (Lipinski definition) is 17. The van der Waals surface area contributed by atoms with Gasteiger partial charge in [0.1, 0.15) is 18.3 Å². The molecule has 0 spiro atoms. The van der Waals surface area contributed by atoms with Crippen molar-refractivity contribution in [2.45, 2.75) is 120 Å². The first-order valence-corrected chi connectivity index (χ1v) is 24.9. The molecule has 0 bridgehead atoms. The van der Waals surface area contributed by atoms with Crippen molar-refractivity contribution in [3.8, 4) is 0 Å². The lowest BCUT2D eigenvalue weighted by Crippen LogP contribution is -2.45. The average molecular weight is 968 g/mol. The summed E-state index contributed by atoms with van der Waals surface area (Å²) in [5.41, 5.74) is 1.85. The van der Waals surface area contributed by atoms with Gasteiger partial charge in [0.25, 0.3) is 11.2 Å². The molecule has 23 nitrogen and oxygen atoms in total. The predicted molar refractivity (Wildman–Crippen MR) is 248 cm³/mol. The van der Waals surface area contributed by atoms with Crippen LogP contribution in [0.5, 0.6) is 0 Å². The number of nitrogens with one attached hydrogen (secondary N) is 1. The average Bonchev–Trinajstić information content (AvgIpc) is 3.77. The quantitative estimate of drug-likeness (QED) is 0.0356. The van der Waals surface area contributed by atoms with E-state index in [0.717, 1.165) is 6.33 Å². The molecule has 65 heavy (non-hydrogen) atoms. The van der Waals surface area contributed by atoms with Gasteiger partial charge in [-0.2, -0.15) is 9.29 Å². The summed E-state index contributed by atoms with van der Waals surface area (Å²) in [7, 11) is -10.8. The Bertz CT molecular complexity index is 1970. The highest BCUT2D eigenvalue weighted by molar-refractivity contribution is 7.60. The molecule has 1 saturated heterocycles. The van der Waals surface area contributed by atoms with Crippen molar-refractivity contribution in [2.75, 3.05) is 71.2 Å². The highest BCUT2D eigenvalue weighted by Crippen LogP contribution is 2.58. The van der Waals surface area contributed by atoms with Gasteiger partial charge in [0.15, 0.2) is 23.0 Å². The highest BCUT2D eigenvalue weighted by Gasteiger charge is 2.57. The van der Waals surface area contributed by atoms with Crippen LogP contribution in [0.1, 0.15) is 102 Å². The molecular weight excluding hydrogens is 892 g/mol. The second kappa shape index (κ2) is 27.5. The SMILES string of the molecule is CC(C)(C)[C@@H](OO[C@@H]1[C@H](O)[C@@H](COP(=O)(O)OP(=O)(O)O)O[C@@]1(C)n1cnc2c(=O)[nH]c(N)nc21)c1ccccc1[N+](=O)[O-].CCN(CC)CC.CCN(CC)CC.CCN(CC)CC. The molecular formula is C40H75N9O14P2. The number of para-hydroxylation sites is 1. The number of nitrogens with two attached hydrogens (primary N) is 1. The molecule has 25 heteroatoms. The number of aliphatic hydroxyl groups is 1. The molecule has 1 aromatic carbocycles. The zero-order valence-electron chi connectivity index (χ0n) is 40.2. The van der Waals surface area contributed by atoms with Crippen LogP contribution in [-0.2, 0) is 38.2 Å². The number of phosphoric ester groups is 1. The lowest BCUT2D eigenvalue weighted by atomic mass is 9.84. The maximum atomic E-state index is 12.4. The Morgan fingerprint density at radius 3 is 1.82 bits per heavy atom. The molecule has 0 saturated carbocycles. The van der Waals surface area contributed by atoms with Crippen LogP contribution in [0.3, 0.4) is 0 Å². The summed E-state index contributed by atoms with van der Waals surface area (Å²) in [6.45, 7) is 35.9. The summed E-state index contributed by atoms with van der Waals surface area (Å²) in [6, 6.07) is 5.78. The fourth-order valence-corrected chi connectivity index (χ4v) is 8.27. The number of nitrogen functional groups attached to an aromatic ring is 1. The van der Waals surface area contributed by atoms with Crippen molar-refractivity contribution in [2.24, 2.45) is 5.41 Å². The molecule has 0 amide bonds. The Kier molecular flexibility index (Phi) is 25.3. The lowest BCUT2D eigenvalue weighted by Gasteiger charge is -2.35. The second-order valence-corrected chi connectivity index (χ2v) is 18.6. The van der Waals surface area contributed by atoms with Crippen LogP contribution in [-0.4, -0.2) is 143 Å². The number of anilines is 1. The van der Waals surface area contributed by atoms with Gasteiger partial charge in [0, 0.05) is 6.07 Å². The number of phosphoric acid groups is 2. The minimum atomic E-state index is -5.46. The Morgan fingerprint density at radius 1 is 0.923 bits per heavy atom. The number of nitro benzene ring substituents is 1. The maximum Gasteiger partial charge on any atom is 0.481 e. The van der Waals surface area contributed by atoms with Gasteiger partial charge in [-0.25, -0.2) is 23.9 Å². The summed E-state index contributed by atoms with van der Waals surface area (Å²) in [5, 5.41) is 23.1. The van der Waals surface area contributed by atoms with Crippen molar-refractivity contribution in [3.05, 3.63) is 56.6 Å². The van der Waals surface area contributed by atoms with Crippen LogP contribution < -0.4 is 11.3 Å². The number of fused-ring (bicyclic) bond motifs is 1. The third-order valence-electron chi connectivity index (χ3n) is 10.6. The zero-order chi connectivity index (χ0) is 49.9. The van der Waals surface area contributed by atoms with E-state index in [9.17, 15) is 34.0 Å². The van der Waals surface area contributed by atoms with E-state index in [1.165, 1.54) is 88.6 Å². The van der Waals surface area contributed by atoms with Crippen molar-refractivity contribution in [3.63, 3.8) is 0 Å². The van der Waals surface area contributed by atoms with E-state index in [4.69, 9.17) is 30.0 Å². The smallest absolute Gasteiger partial charge is 0.387 e. The third kappa shape index (κ3) is 18.4. The number of aromatic nitrogens is 4. The third-order valence-corrected chi connectivity index (χ3v) is 12.8. The summed E-state index contributed by atoms with van der Waals surface area (Å²) in [4.78, 5) is 80.1. The van der Waals surface area contributed by atoms with Gasteiger partial charge in [-0.1, -0.05) is 95.2 Å². The minimum absolute atomic E-state index is 0.125. The molecule has 0 aliphatic carbocycles. The summed E-state index contributed by atoms with van der Waals surface area (Å²) < 4.78 is 38.7. The fraction of sp³-hybridized carbons (Fsp3) is 0.725. The highest BCUT2D eigenvalue weighted by atomic mass is 31.3. The van der Waals surface area contributed by atoms with Crippen LogP contribution in [0.4, 0.5) is 11.6 Å². The van der Waals surface area contributed by atoms with Gasteiger partial charge in [-0.05, 0) is 77.3 Å². The number of nitrogens with zero attached hydrogens (tertiary/aromatic N) is 7. The van der Waals surface area contributed by atoms with Crippen LogP contribution in [0.25, 0.3) is 11.2 Å². The van der Waals surface area contributed by atoms with Crippen LogP contribution in [0, 0.1) is 15.5 Å². The number of nitro groups is 1. The predicted octanol–water partition coefficient (Wildman–Crippen LogP) is 5.42. The topological polar surface area (TPSA) is 304 Å². The Balaban J connectivity index is 0.000000828. The summed E-state index contributed by atoms with van der Waals surface area (Å²) in [6.07, 6.45) is -4.93. The molecule has 1 unspecified atom stereocenters. The van der Waals surface area contributed by atoms with Crippen molar-refractivity contribution < 1.29 is 57.2 Å². The van der Waals surface area contributed by atoms with Crippen molar-refractivity contribution in [1.29, 1.82) is 0 Å². The summed E-state index contributed by atoms with van der Waals surface area (Å²) in [5.74, 6) is -0.292. The van der Waals surface area contributed by atoms with Crippen LogP contribution in [0.2, 0.25) is 0 Å². The van der Waals surface area contributed by atoms with E-state index < -0.39 is 68.3 Å². The van der Waals surface area contributed by atoms with E-state index >= 15 is 0 Å². The van der Waals surface area contributed by atoms with Crippen LogP contribution in [0.15, 0.2) is 35.4 Å². The number of ether oxygens (including phenoxy) is 1. The monoisotopic (exact) mass is 967 g/mol. The van der Waals surface area contributed by atoms with Crippen molar-refractivity contribution >= 4 is 38.4 Å². The molecule has 2 aromatic heterocycles. The Labute approximate surface area is 382 Å². The summed E-state index contributed by atoms with van der Waals surface area (Å²) >= 11 is 0. The van der Waals surface area contributed by atoms with Crippen LogP contribution >= 0.6 is 15.6 Å². The van der Waals surface area contributed by atoms with E-state index in [1.54, 1.807) is 26.8 Å². The molecule has 0 radical (unpaired) electrons. The van der Waals surface area contributed by atoms with Gasteiger partial charge in [0.05, 0.1) is 23.4 Å². The normalized spacial score (nSPS) is 20.1. The number of hydrogen-bond donors (Lipinski definition) is 6. The van der Waals surface area contributed by atoms with Gasteiger partial charge >= 0.3 is 15.6 Å². The molecule has 3 heterocycles. The molecule has 1 aliphatic rings. The second-order valence-electron chi connectivity index (χ2n) is 15.8. The largest absolute Gasteiger partial charge is 0.481 e. The lowest BCUT2D eigenvalue weighted by molar-refractivity contribution is -0.404. The van der Waals surface area contributed by atoms with E-state index in [0.29, 0.717) is 0 Å². The molecule has 7 N–H and O–H groups in total. The Hall–Kier alpha value is -3.25.